The van der Waals surface area contributed by atoms with E-state index < -0.39 is 11.5 Å². The van der Waals surface area contributed by atoms with E-state index in [1.807, 2.05) is 12.1 Å². The number of ether oxygens (including phenoxy) is 1. The lowest BCUT2D eigenvalue weighted by Gasteiger charge is -2.09. The number of para-hydroxylation sites is 1. The molecule has 0 saturated heterocycles. The molecule has 0 bridgehead atoms. The summed E-state index contributed by atoms with van der Waals surface area (Å²) in [7, 11) is 0. The molecule has 0 unspecified atom stereocenters. The molecule has 0 saturated carbocycles. The fourth-order valence-corrected chi connectivity index (χ4v) is 2.82. The number of nitrogens with zero attached hydrogens (tertiary/aromatic N) is 2. The summed E-state index contributed by atoms with van der Waals surface area (Å²) in [6.07, 6.45) is 2.85. The van der Waals surface area contributed by atoms with E-state index in [-0.39, 0.29) is 5.56 Å². The molecule has 4 rings (SSSR count). The molecule has 6 nitrogen and oxygen atoms in total. The predicted molar refractivity (Wildman–Crippen MR) is 107 cm³/mol. The van der Waals surface area contributed by atoms with Gasteiger partial charge in [-0.1, -0.05) is 29.8 Å². The monoisotopic (exact) mass is 391 g/mol. The molecule has 1 amide bonds. The van der Waals surface area contributed by atoms with E-state index in [2.05, 4.69) is 10.3 Å². The molecule has 2 heterocycles. The maximum absolute atomic E-state index is 12.5. The molecular formula is C21H14ClN3O3. The molecule has 4 aromatic rings. The molecule has 0 aliphatic carbocycles. The number of fused-ring (bicyclic) bond motifs is 1. The lowest BCUT2D eigenvalue weighted by molar-refractivity contribution is 0.102. The fraction of sp³-hybridized carbons (Fsp3) is 0. The van der Waals surface area contributed by atoms with Crippen molar-refractivity contribution in [3.05, 3.63) is 100 Å². The van der Waals surface area contributed by atoms with E-state index in [1.165, 1.54) is 10.6 Å². The molecule has 2 aromatic carbocycles. The molecule has 138 valence electrons. The van der Waals surface area contributed by atoms with E-state index in [9.17, 15) is 9.59 Å². The predicted octanol–water partition coefficient (Wildman–Crippen LogP) is 4.39. The lowest BCUT2D eigenvalue weighted by atomic mass is 10.2. The summed E-state index contributed by atoms with van der Waals surface area (Å²) >= 11 is 6.08. The molecule has 0 aliphatic rings. The van der Waals surface area contributed by atoms with Crippen LogP contribution >= 0.6 is 11.6 Å². The van der Waals surface area contributed by atoms with Gasteiger partial charge in [0.25, 0.3) is 11.5 Å². The van der Waals surface area contributed by atoms with Gasteiger partial charge < -0.3 is 10.1 Å². The van der Waals surface area contributed by atoms with Gasteiger partial charge in [0.05, 0.1) is 5.02 Å². The van der Waals surface area contributed by atoms with Gasteiger partial charge in [-0.15, -0.1) is 0 Å². The van der Waals surface area contributed by atoms with E-state index in [0.29, 0.717) is 27.9 Å². The van der Waals surface area contributed by atoms with Gasteiger partial charge in [-0.2, -0.15) is 0 Å². The van der Waals surface area contributed by atoms with Crippen LogP contribution in [-0.4, -0.2) is 15.3 Å². The minimum atomic E-state index is -0.532. The Kier molecular flexibility index (Phi) is 4.78. The van der Waals surface area contributed by atoms with Crippen molar-refractivity contribution in [2.45, 2.75) is 0 Å². The average Bonchev–Trinajstić information content (AvgIpc) is 2.71. The van der Waals surface area contributed by atoms with Gasteiger partial charge in [0, 0.05) is 18.1 Å². The van der Waals surface area contributed by atoms with Crippen LogP contribution in [0.1, 0.15) is 10.4 Å². The molecule has 28 heavy (non-hydrogen) atoms. The number of halogens is 1. The highest BCUT2D eigenvalue weighted by Crippen LogP contribution is 2.29. The summed E-state index contributed by atoms with van der Waals surface area (Å²) in [5.74, 6) is 0.574. The summed E-state index contributed by atoms with van der Waals surface area (Å²) in [4.78, 5) is 29.1. The van der Waals surface area contributed by atoms with E-state index >= 15 is 0 Å². The first-order chi connectivity index (χ1) is 13.6. The van der Waals surface area contributed by atoms with Crippen LogP contribution in [0, 0.1) is 0 Å². The molecule has 0 radical (unpaired) electrons. The van der Waals surface area contributed by atoms with Crippen LogP contribution in [0.25, 0.3) is 5.65 Å². The van der Waals surface area contributed by atoms with Crippen molar-refractivity contribution >= 4 is 28.8 Å². The van der Waals surface area contributed by atoms with Crippen LogP contribution in [0.2, 0.25) is 5.02 Å². The number of anilines is 1. The van der Waals surface area contributed by atoms with Crippen LogP contribution in [0.4, 0.5) is 5.69 Å². The van der Waals surface area contributed by atoms with Gasteiger partial charge >= 0.3 is 0 Å². The SMILES string of the molecule is O=C(Nc1ccc(Oc2ccccc2Cl)cc1)c1cnc2ccccn2c1=O. The first kappa shape index (κ1) is 17.8. The largest absolute Gasteiger partial charge is 0.456 e. The summed E-state index contributed by atoms with van der Waals surface area (Å²) < 4.78 is 7.04. The number of pyridine rings is 1. The van der Waals surface area contributed by atoms with Gasteiger partial charge in [-0.25, -0.2) is 4.98 Å². The minimum absolute atomic E-state index is 0.0416. The third-order valence-corrected chi connectivity index (χ3v) is 4.35. The third kappa shape index (κ3) is 3.58. The van der Waals surface area contributed by atoms with Crippen LogP contribution in [0.5, 0.6) is 11.5 Å². The molecule has 0 spiro atoms. The van der Waals surface area contributed by atoms with Crippen LogP contribution in [0.3, 0.4) is 0 Å². The average molecular weight is 392 g/mol. The molecule has 1 N–H and O–H groups in total. The van der Waals surface area contributed by atoms with E-state index in [0.717, 1.165) is 0 Å². The number of hydrogen-bond acceptors (Lipinski definition) is 4. The smallest absolute Gasteiger partial charge is 0.270 e. The van der Waals surface area contributed by atoms with E-state index in [1.54, 1.807) is 60.8 Å². The van der Waals surface area contributed by atoms with Crippen LogP contribution in [-0.2, 0) is 0 Å². The summed E-state index contributed by atoms with van der Waals surface area (Å²) in [6, 6.07) is 19.1. The van der Waals surface area contributed by atoms with Crippen molar-refractivity contribution in [1.29, 1.82) is 0 Å². The summed E-state index contributed by atoms with van der Waals surface area (Å²) in [5, 5.41) is 3.20. The van der Waals surface area contributed by atoms with Crippen LogP contribution < -0.4 is 15.6 Å². The molecule has 7 heteroatoms. The van der Waals surface area contributed by atoms with Gasteiger partial charge in [-0.05, 0) is 48.5 Å². The number of carbonyl (C=O) groups excluding carboxylic acids is 1. The Hall–Kier alpha value is -3.64. The number of hydrogen-bond donors (Lipinski definition) is 1. The van der Waals surface area contributed by atoms with Crippen molar-refractivity contribution in [2.75, 3.05) is 5.32 Å². The maximum atomic E-state index is 12.5. The highest BCUT2D eigenvalue weighted by Gasteiger charge is 2.13. The van der Waals surface area contributed by atoms with E-state index in [4.69, 9.17) is 16.3 Å². The highest BCUT2D eigenvalue weighted by atomic mass is 35.5. The number of nitrogens with one attached hydrogen (secondary N) is 1. The second-order valence-electron chi connectivity index (χ2n) is 5.92. The number of benzene rings is 2. The summed E-state index contributed by atoms with van der Waals surface area (Å²) in [6.45, 7) is 0. The maximum Gasteiger partial charge on any atom is 0.270 e. The van der Waals surface area contributed by atoms with Crippen LogP contribution in [0.15, 0.2) is 83.9 Å². The highest BCUT2D eigenvalue weighted by molar-refractivity contribution is 6.32. The molecule has 2 aromatic heterocycles. The zero-order valence-corrected chi connectivity index (χ0v) is 15.3. The van der Waals surface area contributed by atoms with Crippen molar-refractivity contribution in [1.82, 2.24) is 9.38 Å². The second kappa shape index (κ2) is 7.54. The molecular weight excluding hydrogens is 378 g/mol. The van der Waals surface area contributed by atoms with Gasteiger partial charge in [-0.3, -0.25) is 14.0 Å². The minimum Gasteiger partial charge on any atom is -0.456 e. The first-order valence-corrected chi connectivity index (χ1v) is 8.80. The Morgan fingerprint density at radius 3 is 2.54 bits per heavy atom. The number of carbonyl (C=O) groups is 1. The topological polar surface area (TPSA) is 72.7 Å². The van der Waals surface area contributed by atoms with Crippen molar-refractivity contribution < 1.29 is 9.53 Å². The zero-order valence-electron chi connectivity index (χ0n) is 14.5. The molecule has 0 fully saturated rings. The second-order valence-corrected chi connectivity index (χ2v) is 6.32. The Balaban J connectivity index is 1.52. The zero-order chi connectivity index (χ0) is 19.5. The molecule has 0 atom stereocenters. The third-order valence-electron chi connectivity index (χ3n) is 4.03. The quantitative estimate of drug-likeness (QED) is 0.560. The Bertz CT molecular complexity index is 1220. The number of aromatic nitrogens is 2. The Morgan fingerprint density at radius 1 is 1.00 bits per heavy atom. The Morgan fingerprint density at radius 2 is 1.75 bits per heavy atom. The normalized spacial score (nSPS) is 10.6. The lowest BCUT2D eigenvalue weighted by Crippen LogP contribution is -2.26. The molecule has 0 aliphatic heterocycles. The standard InChI is InChI=1S/C21H14ClN3O3/c22-17-5-1-2-6-18(17)28-15-10-8-14(9-11-15)24-20(26)16-13-23-19-7-3-4-12-25(19)21(16)27/h1-13H,(H,24,26). The van der Waals surface area contributed by atoms with Crippen molar-refractivity contribution in [3.8, 4) is 11.5 Å². The fourth-order valence-electron chi connectivity index (χ4n) is 2.64. The Labute approximate surface area is 165 Å². The van der Waals surface area contributed by atoms with Gasteiger partial charge in [0.15, 0.2) is 0 Å². The van der Waals surface area contributed by atoms with Crippen molar-refractivity contribution in [3.63, 3.8) is 0 Å². The number of amides is 1. The van der Waals surface area contributed by atoms with Gasteiger partial charge in [0.2, 0.25) is 0 Å². The first-order valence-electron chi connectivity index (χ1n) is 8.42. The summed E-state index contributed by atoms with van der Waals surface area (Å²) in [5.41, 5.74) is 0.529. The van der Waals surface area contributed by atoms with Crippen molar-refractivity contribution in [2.24, 2.45) is 0 Å². The number of rotatable bonds is 4. The van der Waals surface area contributed by atoms with Gasteiger partial charge in [0.1, 0.15) is 22.7 Å².